The van der Waals surface area contributed by atoms with Crippen LogP contribution in [0.1, 0.15) is 41.7 Å². The van der Waals surface area contributed by atoms with Crippen LogP contribution in [0.3, 0.4) is 0 Å². The molecule has 0 bridgehead atoms. The Bertz CT molecular complexity index is 1280. The first-order valence-corrected chi connectivity index (χ1v) is 11.9. The van der Waals surface area contributed by atoms with Crippen molar-refractivity contribution in [2.45, 2.75) is 37.2 Å². The summed E-state index contributed by atoms with van der Waals surface area (Å²) >= 11 is 0. The molecule has 1 spiro atoms. The van der Waals surface area contributed by atoms with E-state index in [0.29, 0.717) is 41.5 Å². The minimum atomic E-state index is -0.490. The quantitative estimate of drug-likeness (QED) is 0.469. The van der Waals surface area contributed by atoms with Gasteiger partial charge in [-0.3, -0.25) is 9.78 Å². The lowest BCUT2D eigenvalue weighted by molar-refractivity contribution is 0.0680. The molecule has 1 amide bonds. The maximum Gasteiger partial charge on any atom is 0.255 e. The fraction of sp³-hybridized carbons (Fsp3) is 0.385. The van der Waals surface area contributed by atoms with Crippen molar-refractivity contribution in [3.8, 4) is 22.8 Å². The van der Waals surface area contributed by atoms with Crippen molar-refractivity contribution in [2.75, 3.05) is 32.2 Å². The second-order valence-electron chi connectivity index (χ2n) is 9.35. The van der Waals surface area contributed by atoms with Gasteiger partial charge in [-0.2, -0.15) is 0 Å². The number of benzene rings is 1. The van der Waals surface area contributed by atoms with Gasteiger partial charge in [0.15, 0.2) is 11.6 Å². The number of rotatable bonds is 7. The highest BCUT2D eigenvalue weighted by molar-refractivity contribution is 6.07. The molecule has 3 aromatic rings. The highest BCUT2D eigenvalue weighted by Crippen LogP contribution is 2.54. The summed E-state index contributed by atoms with van der Waals surface area (Å²) in [5, 5.41) is 6.34. The van der Waals surface area contributed by atoms with Crippen LogP contribution in [0.2, 0.25) is 0 Å². The number of H-pyrrole nitrogens is 1. The lowest BCUT2D eigenvalue weighted by Gasteiger charge is -2.23. The molecular formula is C26H27FN4O4. The first-order chi connectivity index (χ1) is 17.1. The van der Waals surface area contributed by atoms with Crippen LogP contribution < -0.4 is 20.1 Å². The number of carbonyl (C=O) groups is 1. The predicted octanol–water partition coefficient (Wildman–Crippen LogP) is 4.30. The van der Waals surface area contributed by atoms with E-state index in [2.05, 4.69) is 20.6 Å². The van der Waals surface area contributed by atoms with E-state index in [1.807, 2.05) is 6.07 Å². The van der Waals surface area contributed by atoms with Crippen LogP contribution in [0.15, 0.2) is 36.7 Å². The van der Waals surface area contributed by atoms with Gasteiger partial charge in [0.2, 0.25) is 0 Å². The molecule has 3 N–H and O–H groups in total. The first-order valence-electron chi connectivity index (χ1n) is 11.9. The van der Waals surface area contributed by atoms with Crippen LogP contribution in [-0.4, -0.2) is 48.8 Å². The number of nitrogens with one attached hydrogen (secondary N) is 3. The molecule has 2 aromatic heterocycles. The number of hydrogen-bond acceptors (Lipinski definition) is 6. The lowest BCUT2D eigenvalue weighted by atomic mass is 9.93. The molecule has 0 unspecified atom stereocenters. The number of halogens is 1. The predicted molar refractivity (Wildman–Crippen MR) is 128 cm³/mol. The minimum Gasteiger partial charge on any atom is -0.492 e. The van der Waals surface area contributed by atoms with Crippen LogP contribution >= 0.6 is 0 Å². The summed E-state index contributed by atoms with van der Waals surface area (Å²) in [5.41, 5.74) is 3.77. The molecule has 1 aromatic carbocycles. The van der Waals surface area contributed by atoms with Crippen molar-refractivity contribution >= 4 is 17.3 Å². The third-order valence-corrected chi connectivity index (χ3v) is 7.13. The van der Waals surface area contributed by atoms with Gasteiger partial charge in [-0.1, -0.05) is 6.07 Å². The number of aromatic amines is 1. The summed E-state index contributed by atoms with van der Waals surface area (Å²) in [4.78, 5) is 20.9. The number of para-hydroxylation sites is 1. The number of ether oxygens (including phenoxy) is 3. The van der Waals surface area contributed by atoms with Crippen LogP contribution in [0.25, 0.3) is 11.3 Å². The number of carbonyl (C=O) groups excluding carboxylic acids is 1. The number of aromatic nitrogens is 2. The summed E-state index contributed by atoms with van der Waals surface area (Å²) in [6, 6.07) is 6.51. The summed E-state index contributed by atoms with van der Waals surface area (Å²) in [6.07, 6.45) is 7.37. The monoisotopic (exact) mass is 478 g/mol. The number of methoxy groups -OCH3 is 1. The lowest BCUT2D eigenvalue weighted by Crippen LogP contribution is -2.39. The third-order valence-electron chi connectivity index (χ3n) is 7.13. The van der Waals surface area contributed by atoms with E-state index in [-0.39, 0.29) is 23.2 Å². The van der Waals surface area contributed by atoms with E-state index in [0.717, 1.165) is 43.5 Å². The maximum absolute atomic E-state index is 14.5. The van der Waals surface area contributed by atoms with Crippen LogP contribution in [0, 0.1) is 5.82 Å². The van der Waals surface area contributed by atoms with Crippen LogP contribution in [-0.2, 0) is 10.2 Å². The Balaban J connectivity index is 1.47. The van der Waals surface area contributed by atoms with Gasteiger partial charge in [0.25, 0.3) is 5.91 Å². The molecule has 1 atom stereocenters. The zero-order valence-electron chi connectivity index (χ0n) is 19.4. The highest BCUT2D eigenvalue weighted by atomic mass is 19.1. The summed E-state index contributed by atoms with van der Waals surface area (Å²) in [7, 11) is 1.42. The molecule has 1 aliphatic carbocycles. The Kier molecular flexibility index (Phi) is 5.36. The number of hydrogen-bond donors (Lipinski definition) is 3. The molecule has 6 rings (SSSR count). The third kappa shape index (κ3) is 3.80. The van der Waals surface area contributed by atoms with Crippen molar-refractivity contribution < 1.29 is 23.4 Å². The summed E-state index contributed by atoms with van der Waals surface area (Å²) in [6.45, 7) is 1.77. The largest absolute Gasteiger partial charge is 0.492 e. The summed E-state index contributed by atoms with van der Waals surface area (Å²) < 4.78 is 31.6. The molecule has 2 fully saturated rings. The van der Waals surface area contributed by atoms with Crippen LogP contribution in [0.4, 0.5) is 15.8 Å². The minimum absolute atomic E-state index is 0.0505. The van der Waals surface area contributed by atoms with E-state index in [4.69, 9.17) is 14.2 Å². The number of fused-ring (bicyclic) bond motifs is 2. The molecule has 35 heavy (non-hydrogen) atoms. The molecule has 2 aliphatic heterocycles. The van der Waals surface area contributed by atoms with Crippen molar-refractivity contribution in [1.29, 1.82) is 0 Å². The second kappa shape index (κ2) is 8.57. The Labute approximate surface area is 202 Å². The van der Waals surface area contributed by atoms with Gasteiger partial charge in [0.05, 0.1) is 42.0 Å². The van der Waals surface area contributed by atoms with E-state index in [9.17, 15) is 9.18 Å². The van der Waals surface area contributed by atoms with Gasteiger partial charge in [-0.05, 0) is 43.9 Å². The van der Waals surface area contributed by atoms with Gasteiger partial charge >= 0.3 is 0 Å². The van der Waals surface area contributed by atoms with E-state index in [1.54, 1.807) is 24.5 Å². The molecule has 1 saturated carbocycles. The fourth-order valence-electron chi connectivity index (χ4n) is 5.07. The zero-order chi connectivity index (χ0) is 24.0. The van der Waals surface area contributed by atoms with E-state index >= 15 is 0 Å². The van der Waals surface area contributed by atoms with E-state index in [1.165, 1.54) is 13.2 Å². The van der Waals surface area contributed by atoms with Gasteiger partial charge < -0.3 is 29.8 Å². The topological polar surface area (TPSA) is 97.5 Å². The fourth-order valence-corrected chi connectivity index (χ4v) is 5.07. The molecular weight excluding hydrogens is 451 g/mol. The van der Waals surface area contributed by atoms with Gasteiger partial charge in [-0.25, -0.2) is 4.39 Å². The van der Waals surface area contributed by atoms with Gasteiger partial charge in [0.1, 0.15) is 12.4 Å². The standard InChI is InChI=1S/C26H27FN4O4/c1-33-23-17(27)5-2-6-18(23)30-22-20-24(26(8-9-26)14-29-25(20)32)31-21(22)16-7-10-28-12-19(16)35-13-15-4-3-11-34-15/h2,5-7,10,12,15,30-31H,3-4,8-9,11,13-14H2,1H3,(H,29,32)/t15-/m1/s1. The Morgan fingerprint density at radius 1 is 1.31 bits per heavy atom. The average Bonchev–Trinajstić information content (AvgIpc) is 3.26. The Hall–Kier alpha value is -3.59. The van der Waals surface area contributed by atoms with Crippen molar-refractivity contribution in [2.24, 2.45) is 0 Å². The number of pyridine rings is 1. The zero-order valence-corrected chi connectivity index (χ0v) is 19.4. The Morgan fingerprint density at radius 3 is 2.97 bits per heavy atom. The maximum atomic E-state index is 14.5. The second-order valence-corrected chi connectivity index (χ2v) is 9.35. The summed E-state index contributed by atoms with van der Waals surface area (Å²) in [5.74, 6) is 0.00119. The molecule has 9 heteroatoms. The number of nitrogens with zero attached hydrogens (tertiary/aromatic N) is 1. The first kappa shape index (κ1) is 21.9. The molecule has 8 nitrogen and oxygen atoms in total. The van der Waals surface area contributed by atoms with Crippen molar-refractivity contribution in [1.82, 2.24) is 15.3 Å². The normalized spacial score (nSPS) is 19.8. The molecule has 182 valence electrons. The molecule has 4 heterocycles. The molecule has 1 saturated heterocycles. The molecule has 0 radical (unpaired) electrons. The smallest absolute Gasteiger partial charge is 0.255 e. The highest BCUT2D eigenvalue weighted by Gasteiger charge is 2.51. The number of amides is 1. The number of anilines is 2. The van der Waals surface area contributed by atoms with Gasteiger partial charge in [-0.15, -0.1) is 0 Å². The molecule has 3 aliphatic rings. The van der Waals surface area contributed by atoms with Crippen LogP contribution in [0.5, 0.6) is 11.5 Å². The van der Waals surface area contributed by atoms with Crippen molar-refractivity contribution in [3.05, 3.63) is 53.7 Å². The van der Waals surface area contributed by atoms with E-state index < -0.39 is 5.82 Å². The SMILES string of the molecule is COc1c(F)cccc1Nc1c(-c2ccncc2OC[C@H]2CCCO2)[nH]c2c1C(=O)NCC21CC1. The van der Waals surface area contributed by atoms with Gasteiger partial charge in [0, 0.05) is 36.0 Å². The Morgan fingerprint density at radius 2 is 2.20 bits per heavy atom. The average molecular weight is 479 g/mol. The van der Waals surface area contributed by atoms with Crippen molar-refractivity contribution in [3.63, 3.8) is 0 Å².